The number of nitrogens with zero attached hydrogens (tertiary/aromatic N) is 1. The van der Waals surface area contributed by atoms with Crippen LogP contribution in [0.5, 0.6) is 0 Å². The second kappa shape index (κ2) is 4.86. The normalized spacial score (nSPS) is 13.4. The van der Waals surface area contributed by atoms with Crippen LogP contribution in [-0.4, -0.2) is 20.6 Å². The Balaban J connectivity index is 3.43. The molecule has 0 radical (unpaired) electrons. The van der Waals surface area contributed by atoms with Crippen molar-refractivity contribution < 1.29 is 0 Å². The molecular formula is C15H30N4O. The number of hydrogen-bond donors (Lipinski definition) is 3. The second-order valence-electron chi connectivity index (χ2n) is 8.41. The Labute approximate surface area is 122 Å². The van der Waals surface area contributed by atoms with Crippen LogP contribution in [0.15, 0.2) is 4.79 Å². The van der Waals surface area contributed by atoms with Crippen LogP contribution in [-0.2, 0) is 5.54 Å². The van der Waals surface area contributed by atoms with Gasteiger partial charge in [-0.3, -0.25) is 9.55 Å². The van der Waals surface area contributed by atoms with Crippen LogP contribution >= 0.6 is 0 Å². The number of nitrogens with one attached hydrogen (secondary N) is 3. The van der Waals surface area contributed by atoms with Crippen molar-refractivity contribution in [1.29, 1.82) is 0 Å². The average molecular weight is 282 g/mol. The molecule has 3 N–H and O–H groups in total. The molecule has 0 amide bonds. The fourth-order valence-corrected chi connectivity index (χ4v) is 2.01. The van der Waals surface area contributed by atoms with Crippen molar-refractivity contribution >= 4 is 11.6 Å². The smallest absolute Gasteiger partial charge is 0.329 e. The summed E-state index contributed by atoms with van der Waals surface area (Å²) in [6.45, 7) is 18.5. The SMILES string of the molecule is CC(C)(C)Nc1[nH]c(=O)n(C(C)(C)C)c1NC(C)(C)C. The highest BCUT2D eigenvalue weighted by molar-refractivity contribution is 5.63. The van der Waals surface area contributed by atoms with Crippen molar-refractivity contribution in [3.05, 3.63) is 10.5 Å². The predicted molar refractivity (Wildman–Crippen MR) is 86.8 cm³/mol. The van der Waals surface area contributed by atoms with Crippen molar-refractivity contribution in [1.82, 2.24) is 9.55 Å². The van der Waals surface area contributed by atoms with Gasteiger partial charge in [-0.1, -0.05) is 0 Å². The highest BCUT2D eigenvalue weighted by Gasteiger charge is 2.27. The van der Waals surface area contributed by atoms with Gasteiger partial charge in [-0.15, -0.1) is 0 Å². The third-order valence-electron chi connectivity index (χ3n) is 2.56. The molecule has 116 valence electrons. The van der Waals surface area contributed by atoms with E-state index in [2.05, 4.69) is 57.2 Å². The van der Waals surface area contributed by atoms with Crippen molar-refractivity contribution in [2.45, 2.75) is 78.9 Å². The first-order valence-electron chi connectivity index (χ1n) is 7.12. The average Bonchev–Trinajstić information content (AvgIpc) is 2.34. The van der Waals surface area contributed by atoms with Crippen molar-refractivity contribution in [3.8, 4) is 0 Å². The molecule has 5 nitrogen and oxygen atoms in total. The van der Waals surface area contributed by atoms with E-state index in [0.29, 0.717) is 0 Å². The molecule has 1 heterocycles. The summed E-state index contributed by atoms with van der Waals surface area (Å²) in [5, 5.41) is 6.80. The summed E-state index contributed by atoms with van der Waals surface area (Å²) >= 11 is 0. The molecule has 0 spiro atoms. The molecule has 0 saturated carbocycles. The maximum absolute atomic E-state index is 12.3. The lowest BCUT2D eigenvalue weighted by atomic mass is 10.1. The third-order valence-corrected chi connectivity index (χ3v) is 2.56. The van der Waals surface area contributed by atoms with Crippen LogP contribution in [0.4, 0.5) is 11.6 Å². The summed E-state index contributed by atoms with van der Waals surface area (Å²) in [5.74, 6) is 1.55. The molecule has 1 aromatic heterocycles. The number of anilines is 2. The molecule has 0 aliphatic carbocycles. The molecule has 0 atom stereocenters. The van der Waals surface area contributed by atoms with E-state index in [1.165, 1.54) is 0 Å². The first-order valence-corrected chi connectivity index (χ1v) is 7.12. The fourth-order valence-electron chi connectivity index (χ4n) is 2.01. The van der Waals surface area contributed by atoms with Crippen LogP contribution in [0, 0.1) is 0 Å². The van der Waals surface area contributed by atoms with Crippen LogP contribution in [0.3, 0.4) is 0 Å². The van der Waals surface area contributed by atoms with Gasteiger partial charge in [0.15, 0.2) is 5.82 Å². The van der Waals surface area contributed by atoms with Gasteiger partial charge in [-0.05, 0) is 62.3 Å². The fraction of sp³-hybridized carbons (Fsp3) is 0.800. The third kappa shape index (κ3) is 4.32. The summed E-state index contributed by atoms with van der Waals surface area (Å²) in [4.78, 5) is 15.2. The van der Waals surface area contributed by atoms with Gasteiger partial charge in [0.1, 0.15) is 5.82 Å². The standard InChI is InChI=1S/C15H30N4O/c1-13(2,3)17-10-11(18-14(4,5)6)19(12(20)16-10)15(7,8)9/h17-18H,1-9H3,(H,16,20). The largest absolute Gasteiger partial charge is 0.364 e. The molecule has 0 unspecified atom stereocenters. The van der Waals surface area contributed by atoms with Gasteiger partial charge in [0.2, 0.25) is 0 Å². The van der Waals surface area contributed by atoms with Crippen LogP contribution < -0.4 is 16.3 Å². The molecule has 20 heavy (non-hydrogen) atoms. The lowest BCUT2D eigenvalue weighted by Gasteiger charge is -2.30. The van der Waals surface area contributed by atoms with Crippen LogP contribution in [0.25, 0.3) is 0 Å². The minimum absolute atomic E-state index is 0.101. The first-order chi connectivity index (χ1) is 8.71. The number of rotatable bonds is 2. The Morgan fingerprint density at radius 2 is 1.30 bits per heavy atom. The molecular weight excluding hydrogens is 252 g/mol. The number of H-pyrrole nitrogens is 1. The van der Waals surface area contributed by atoms with E-state index in [1.54, 1.807) is 4.57 Å². The zero-order valence-corrected chi connectivity index (χ0v) is 14.4. The summed E-state index contributed by atoms with van der Waals surface area (Å²) in [6.07, 6.45) is 0. The Morgan fingerprint density at radius 1 is 0.850 bits per heavy atom. The molecule has 0 fully saturated rings. The number of hydrogen-bond acceptors (Lipinski definition) is 3. The van der Waals surface area contributed by atoms with Crippen LogP contribution in [0.2, 0.25) is 0 Å². The quantitative estimate of drug-likeness (QED) is 0.779. The maximum Gasteiger partial charge on any atom is 0.329 e. The number of imidazole rings is 1. The van der Waals surface area contributed by atoms with E-state index < -0.39 is 0 Å². The zero-order valence-electron chi connectivity index (χ0n) is 14.4. The lowest BCUT2D eigenvalue weighted by molar-refractivity contribution is 0.387. The van der Waals surface area contributed by atoms with Gasteiger partial charge in [0.25, 0.3) is 0 Å². The topological polar surface area (TPSA) is 61.9 Å². The van der Waals surface area contributed by atoms with Crippen molar-refractivity contribution in [2.75, 3.05) is 10.6 Å². The van der Waals surface area contributed by atoms with Crippen LogP contribution in [0.1, 0.15) is 62.3 Å². The summed E-state index contributed by atoms with van der Waals surface area (Å²) < 4.78 is 1.77. The van der Waals surface area contributed by atoms with E-state index in [9.17, 15) is 4.79 Å². The zero-order chi connectivity index (χ0) is 15.9. The Hall–Kier alpha value is -1.39. The number of aromatic amines is 1. The number of aromatic nitrogens is 2. The van der Waals surface area contributed by atoms with Crippen molar-refractivity contribution in [2.24, 2.45) is 0 Å². The molecule has 0 aromatic carbocycles. The van der Waals surface area contributed by atoms with E-state index in [-0.39, 0.29) is 22.3 Å². The van der Waals surface area contributed by atoms with Gasteiger partial charge in [0.05, 0.1) is 0 Å². The van der Waals surface area contributed by atoms with Gasteiger partial charge < -0.3 is 10.6 Å². The van der Waals surface area contributed by atoms with E-state index >= 15 is 0 Å². The van der Waals surface area contributed by atoms with Gasteiger partial charge in [0, 0.05) is 16.6 Å². The molecule has 0 saturated heterocycles. The van der Waals surface area contributed by atoms with Gasteiger partial charge in [-0.2, -0.15) is 0 Å². The molecule has 0 aliphatic heterocycles. The van der Waals surface area contributed by atoms with Gasteiger partial charge >= 0.3 is 5.69 Å². The minimum atomic E-state index is -0.293. The summed E-state index contributed by atoms with van der Waals surface area (Å²) in [5.41, 5.74) is -0.646. The summed E-state index contributed by atoms with van der Waals surface area (Å²) in [6, 6.07) is 0. The Kier molecular flexibility index (Phi) is 4.05. The minimum Gasteiger partial charge on any atom is -0.364 e. The Bertz CT molecular complexity index is 518. The lowest BCUT2D eigenvalue weighted by Crippen LogP contribution is -2.36. The van der Waals surface area contributed by atoms with E-state index in [0.717, 1.165) is 11.6 Å². The molecule has 1 rings (SSSR count). The monoisotopic (exact) mass is 282 g/mol. The first kappa shape index (κ1) is 16.7. The van der Waals surface area contributed by atoms with Crippen molar-refractivity contribution in [3.63, 3.8) is 0 Å². The Morgan fingerprint density at radius 3 is 1.65 bits per heavy atom. The van der Waals surface area contributed by atoms with Gasteiger partial charge in [-0.25, -0.2) is 4.79 Å². The molecule has 1 aromatic rings. The van der Waals surface area contributed by atoms with E-state index in [4.69, 9.17) is 0 Å². The molecule has 0 aliphatic rings. The highest BCUT2D eigenvalue weighted by Crippen LogP contribution is 2.29. The summed E-state index contributed by atoms with van der Waals surface area (Å²) in [7, 11) is 0. The highest BCUT2D eigenvalue weighted by atomic mass is 16.1. The maximum atomic E-state index is 12.3. The molecule has 5 heteroatoms. The predicted octanol–water partition coefficient (Wildman–Crippen LogP) is 3.35. The van der Waals surface area contributed by atoms with E-state index in [1.807, 2.05) is 20.8 Å². The molecule has 0 bridgehead atoms. The second-order valence-corrected chi connectivity index (χ2v) is 8.41.